The van der Waals surface area contributed by atoms with Crippen molar-refractivity contribution in [1.82, 2.24) is 19.9 Å². The van der Waals surface area contributed by atoms with Gasteiger partial charge in [-0.05, 0) is 37.3 Å². The van der Waals surface area contributed by atoms with E-state index in [0.29, 0.717) is 36.5 Å². The molecule has 7 nitrogen and oxygen atoms in total. The summed E-state index contributed by atoms with van der Waals surface area (Å²) in [4.78, 5) is 29.1. The monoisotopic (exact) mass is 426 g/mol. The molecule has 0 saturated carbocycles. The van der Waals surface area contributed by atoms with Gasteiger partial charge in [0.15, 0.2) is 11.6 Å². The van der Waals surface area contributed by atoms with Gasteiger partial charge in [0, 0.05) is 25.7 Å². The summed E-state index contributed by atoms with van der Waals surface area (Å²) in [5.41, 5.74) is 1.36. The Bertz CT molecular complexity index is 1120. The van der Waals surface area contributed by atoms with Gasteiger partial charge in [0.05, 0.1) is 16.2 Å². The number of nitrogens with zero attached hydrogens (tertiary/aromatic N) is 5. The van der Waals surface area contributed by atoms with Crippen LogP contribution in [0.3, 0.4) is 0 Å². The van der Waals surface area contributed by atoms with Crippen molar-refractivity contribution in [2.75, 3.05) is 29.9 Å². The number of piperazine rings is 1. The molecule has 1 unspecified atom stereocenters. The highest BCUT2D eigenvalue weighted by Gasteiger charge is 2.27. The van der Waals surface area contributed by atoms with Crippen LogP contribution in [0.25, 0.3) is 11.0 Å². The van der Waals surface area contributed by atoms with Crippen molar-refractivity contribution >= 4 is 45.9 Å². The number of anilines is 3. The van der Waals surface area contributed by atoms with Crippen LogP contribution in [0.2, 0.25) is 5.02 Å². The van der Waals surface area contributed by atoms with E-state index in [-0.39, 0.29) is 22.7 Å². The number of benzene rings is 1. The van der Waals surface area contributed by atoms with Crippen LogP contribution >= 0.6 is 11.6 Å². The third kappa shape index (κ3) is 3.78. The SMILES string of the molecule is C=CC(=O)N1CCN(c2ccc3ncnc(Nc4cccc(Cl)c4F)c3n2)C(C)C1. The Morgan fingerprint density at radius 2 is 2.13 bits per heavy atom. The minimum Gasteiger partial charge on any atom is -0.350 e. The predicted octanol–water partition coefficient (Wildman–Crippen LogP) is 3.78. The Hall–Kier alpha value is -3.26. The van der Waals surface area contributed by atoms with E-state index in [0.717, 1.165) is 5.82 Å². The van der Waals surface area contributed by atoms with E-state index in [9.17, 15) is 9.18 Å². The average Bonchev–Trinajstić information content (AvgIpc) is 2.76. The van der Waals surface area contributed by atoms with Crippen molar-refractivity contribution in [3.05, 3.63) is 60.2 Å². The maximum Gasteiger partial charge on any atom is 0.246 e. The highest BCUT2D eigenvalue weighted by Crippen LogP contribution is 2.29. The molecule has 1 N–H and O–H groups in total. The summed E-state index contributed by atoms with van der Waals surface area (Å²) in [7, 11) is 0. The van der Waals surface area contributed by atoms with E-state index in [1.54, 1.807) is 17.0 Å². The molecule has 1 aromatic carbocycles. The quantitative estimate of drug-likeness (QED) is 0.640. The van der Waals surface area contributed by atoms with Crippen LogP contribution in [0.4, 0.5) is 21.7 Å². The third-order valence-electron chi connectivity index (χ3n) is 5.08. The maximum absolute atomic E-state index is 14.3. The number of pyridine rings is 1. The van der Waals surface area contributed by atoms with Gasteiger partial charge in [-0.3, -0.25) is 4.79 Å². The van der Waals surface area contributed by atoms with Gasteiger partial charge in [-0.15, -0.1) is 0 Å². The van der Waals surface area contributed by atoms with Crippen molar-refractivity contribution in [3.63, 3.8) is 0 Å². The highest BCUT2D eigenvalue weighted by atomic mass is 35.5. The largest absolute Gasteiger partial charge is 0.350 e. The lowest BCUT2D eigenvalue weighted by molar-refractivity contribution is -0.126. The number of aromatic nitrogens is 3. The molecule has 1 fully saturated rings. The molecule has 1 atom stereocenters. The molecular formula is C21H20ClFN6O. The molecule has 0 bridgehead atoms. The van der Waals surface area contributed by atoms with Gasteiger partial charge in [0.25, 0.3) is 0 Å². The second kappa shape index (κ2) is 8.23. The first kappa shape index (κ1) is 20.0. The Balaban J connectivity index is 1.66. The lowest BCUT2D eigenvalue weighted by atomic mass is 10.2. The molecule has 0 radical (unpaired) electrons. The van der Waals surface area contributed by atoms with Crippen LogP contribution < -0.4 is 10.2 Å². The average molecular weight is 427 g/mol. The van der Waals surface area contributed by atoms with Crippen LogP contribution in [0, 0.1) is 5.82 Å². The Morgan fingerprint density at radius 3 is 2.90 bits per heavy atom. The predicted molar refractivity (Wildman–Crippen MR) is 116 cm³/mol. The van der Waals surface area contributed by atoms with Crippen molar-refractivity contribution in [1.29, 1.82) is 0 Å². The van der Waals surface area contributed by atoms with E-state index in [2.05, 4.69) is 26.8 Å². The molecule has 4 rings (SSSR count). The zero-order valence-electron chi connectivity index (χ0n) is 16.3. The molecule has 2 aromatic heterocycles. The molecule has 9 heteroatoms. The van der Waals surface area contributed by atoms with Crippen LogP contribution in [-0.4, -0.2) is 51.4 Å². The first-order valence-corrected chi connectivity index (χ1v) is 9.86. The van der Waals surface area contributed by atoms with Gasteiger partial charge in [-0.2, -0.15) is 0 Å². The van der Waals surface area contributed by atoms with Crippen LogP contribution in [0.5, 0.6) is 0 Å². The standard InChI is InChI=1S/C21H20ClFN6O/c1-3-18(30)28-9-10-29(13(2)11-28)17-8-7-16-20(27-17)21(25-12-24-16)26-15-6-4-5-14(22)19(15)23/h3-8,12-13H,1,9-11H2,2H3,(H,24,25,26). The lowest BCUT2D eigenvalue weighted by Gasteiger charge is -2.40. The number of halogens is 2. The second-order valence-electron chi connectivity index (χ2n) is 7.02. The molecule has 154 valence electrons. The van der Waals surface area contributed by atoms with Crippen molar-refractivity contribution in [2.24, 2.45) is 0 Å². The van der Waals surface area contributed by atoms with Gasteiger partial charge >= 0.3 is 0 Å². The molecule has 30 heavy (non-hydrogen) atoms. The Labute approximate surface area is 178 Å². The summed E-state index contributed by atoms with van der Waals surface area (Å²) >= 11 is 5.88. The molecule has 1 amide bonds. The molecule has 3 heterocycles. The normalized spacial score (nSPS) is 16.6. The summed E-state index contributed by atoms with van der Waals surface area (Å²) < 4.78 is 14.3. The first-order chi connectivity index (χ1) is 14.5. The molecular weight excluding hydrogens is 407 g/mol. The van der Waals surface area contributed by atoms with E-state index < -0.39 is 5.82 Å². The van der Waals surface area contributed by atoms with E-state index in [4.69, 9.17) is 16.6 Å². The number of hydrogen-bond acceptors (Lipinski definition) is 6. The van der Waals surface area contributed by atoms with Crippen LogP contribution in [0.15, 0.2) is 49.3 Å². The van der Waals surface area contributed by atoms with E-state index >= 15 is 0 Å². The molecule has 1 aliphatic rings. The lowest BCUT2D eigenvalue weighted by Crippen LogP contribution is -2.53. The summed E-state index contributed by atoms with van der Waals surface area (Å²) in [6, 6.07) is 8.53. The second-order valence-corrected chi connectivity index (χ2v) is 7.42. The molecule has 0 aliphatic carbocycles. The van der Waals surface area contributed by atoms with E-state index in [1.165, 1.54) is 18.5 Å². The number of nitrogens with one attached hydrogen (secondary N) is 1. The van der Waals surface area contributed by atoms with Gasteiger partial charge in [-0.1, -0.05) is 24.2 Å². The summed E-state index contributed by atoms with van der Waals surface area (Å²) in [5.74, 6) is 0.497. The summed E-state index contributed by atoms with van der Waals surface area (Å²) in [6.07, 6.45) is 2.73. The Morgan fingerprint density at radius 1 is 1.30 bits per heavy atom. The van der Waals surface area contributed by atoms with Crippen molar-refractivity contribution in [3.8, 4) is 0 Å². The molecule has 0 spiro atoms. The molecule has 1 aliphatic heterocycles. The zero-order chi connectivity index (χ0) is 21.3. The number of fused-ring (bicyclic) bond motifs is 1. The molecule has 3 aromatic rings. The fraction of sp³-hybridized carbons (Fsp3) is 0.238. The van der Waals surface area contributed by atoms with Gasteiger partial charge in [0.2, 0.25) is 5.91 Å². The highest BCUT2D eigenvalue weighted by molar-refractivity contribution is 6.31. The van der Waals surface area contributed by atoms with Gasteiger partial charge in [0.1, 0.15) is 17.7 Å². The number of rotatable bonds is 4. The number of hydrogen-bond donors (Lipinski definition) is 1. The summed E-state index contributed by atoms with van der Waals surface area (Å²) in [5, 5.41) is 2.99. The van der Waals surface area contributed by atoms with Gasteiger partial charge in [-0.25, -0.2) is 19.3 Å². The number of carbonyl (C=O) groups excluding carboxylic acids is 1. The van der Waals surface area contributed by atoms with Crippen molar-refractivity contribution in [2.45, 2.75) is 13.0 Å². The van der Waals surface area contributed by atoms with Gasteiger partial charge < -0.3 is 15.1 Å². The zero-order valence-corrected chi connectivity index (χ0v) is 17.1. The third-order valence-corrected chi connectivity index (χ3v) is 5.37. The van der Waals surface area contributed by atoms with Crippen molar-refractivity contribution < 1.29 is 9.18 Å². The number of amides is 1. The fourth-order valence-electron chi connectivity index (χ4n) is 3.54. The smallest absolute Gasteiger partial charge is 0.246 e. The maximum atomic E-state index is 14.3. The van der Waals surface area contributed by atoms with Crippen LogP contribution in [-0.2, 0) is 4.79 Å². The van der Waals surface area contributed by atoms with Crippen LogP contribution in [0.1, 0.15) is 6.92 Å². The Kier molecular flexibility index (Phi) is 5.50. The summed E-state index contributed by atoms with van der Waals surface area (Å²) in [6.45, 7) is 7.39. The first-order valence-electron chi connectivity index (χ1n) is 9.48. The molecule has 1 saturated heterocycles. The topological polar surface area (TPSA) is 74.2 Å². The minimum atomic E-state index is -0.557. The fourth-order valence-corrected chi connectivity index (χ4v) is 3.71. The number of carbonyl (C=O) groups is 1. The van der Waals surface area contributed by atoms with E-state index in [1.807, 2.05) is 19.1 Å². The minimum absolute atomic E-state index is 0.0211.